The Labute approximate surface area is 269 Å². The zero-order valence-electron chi connectivity index (χ0n) is 26.4. The molecule has 224 valence electrons. The van der Waals surface area contributed by atoms with Crippen molar-refractivity contribution in [1.29, 1.82) is 0 Å². The van der Waals surface area contributed by atoms with Crippen LogP contribution in [0.15, 0.2) is 127 Å². The molecule has 6 heteroatoms. The molecule has 45 heavy (non-hydrogen) atoms. The largest absolute Gasteiger partial charge is 0.853 e. The number of rotatable bonds is 5. The minimum Gasteiger partial charge on any atom is -0.612 e. The summed E-state index contributed by atoms with van der Waals surface area (Å²) in [4.78, 5) is 8.88. The van der Waals surface area contributed by atoms with Gasteiger partial charge in [-0.1, -0.05) is 98.8 Å². The molecular weight excluding hydrogens is 571 g/mol. The maximum Gasteiger partial charge on any atom is 0.853 e. The van der Waals surface area contributed by atoms with E-state index in [2.05, 4.69) is 76.7 Å². The van der Waals surface area contributed by atoms with Crippen LogP contribution in [0.1, 0.15) is 25.2 Å². The normalized spacial score (nSPS) is 10.4. The molecule has 0 aliphatic carbocycles. The number of nitrogens with zero attached hydrogens (tertiary/aromatic N) is 2. The van der Waals surface area contributed by atoms with Crippen molar-refractivity contribution in [1.82, 2.24) is 9.97 Å². The van der Waals surface area contributed by atoms with Gasteiger partial charge in [0, 0.05) is 22.2 Å². The summed E-state index contributed by atoms with van der Waals surface area (Å²) in [6, 6.07) is 42.6. The highest BCUT2D eigenvalue weighted by Crippen LogP contribution is 2.29. The number of hydrogen-bond acceptors (Lipinski definition) is 5. The highest BCUT2D eigenvalue weighted by atomic mass is 27.2. The third-order valence-corrected chi connectivity index (χ3v) is 8.36. The van der Waals surface area contributed by atoms with Crippen LogP contribution < -0.4 is 7.58 Å². The number of phenolic OH excluding ortho intramolecular Hbond substituents is 1. The Bertz CT molecular complexity index is 2050. The molecule has 7 rings (SSSR count). The number of aromatic nitrogens is 2. The highest BCUT2D eigenvalue weighted by Gasteiger charge is 2.25. The predicted octanol–water partition coefficient (Wildman–Crippen LogP) is 10.2. The molecular formula is C39H37AlN2O3. The van der Waals surface area contributed by atoms with Crippen molar-refractivity contribution in [2.75, 3.05) is 0 Å². The predicted molar refractivity (Wildman–Crippen MR) is 188 cm³/mol. The van der Waals surface area contributed by atoms with Gasteiger partial charge in [0.25, 0.3) is 0 Å². The van der Waals surface area contributed by atoms with Crippen molar-refractivity contribution in [3.63, 3.8) is 0 Å². The molecule has 1 N–H and O–H groups in total. The molecule has 2 heterocycles. The van der Waals surface area contributed by atoms with E-state index in [0.717, 1.165) is 44.6 Å². The third kappa shape index (κ3) is 7.80. The molecule has 0 spiro atoms. The summed E-state index contributed by atoms with van der Waals surface area (Å²) >= 11 is -1.96. The molecule has 0 saturated heterocycles. The van der Waals surface area contributed by atoms with Crippen LogP contribution in [0.5, 0.6) is 17.2 Å². The number of phenols is 1. The van der Waals surface area contributed by atoms with Crippen molar-refractivity contribution >= 4 is 47.4 Å². The lowest BCUT2D eigenvalue weighted by molar-refractivity contribution is 0.434. The van der Waals surface area contributed by atoms with Crippen LogP contribution in [-0.2, 0) is 0 Å². The van der Waals surface area contributed by atoms with Crippen LogP contribution in [0.4, 0.5) is 0 Å². The Kier molecular flexibility index (Phi) is 10.3. The van der Waals surface area contributed by atoms with Gasteiger partial charge in [-0.2, -0.15) is 0 Å². The van der Waals surface area contributed by atoms with E-state index in [0.29, 0.717) is 5.52 Å². The van der Waals surface area contributed by atoms with Gasteiger partial charge in [0.15, 0.2) is 0 Å². The first kappa shape index (κ1) is 31.5. The van der Waals surface area contributed by atoms with E-state index in [4.69, 9.17) is 7.58 Å². The van der Waals surface area contributed by atoms with Gasteiger partial charge in [-0.15, -0.1) is 0 Å². The van der Waals surface area contributed by atoms with Crippen LogP contribution >= 0.6 is 0 Å². The molecule has 2 aromatic heterocycles. The lowest BCUT2D eigenvalue weighted by atomic mass is 10.0. The number of benzene rings is 5. The minimum absolute atomic E-state index is 0.246. The summed E-state index contributed by atoms with van der Waals surface area (Å²) in [6.45, 7) is 7.90. The van der Waals surface area contributed by atoms with Crippen molar-refractivity contribution in [2.45, 2.75) is 33.5 Å². The molecule has 0 unspecified atom stereocenters. The number of pyridine rings is 2. The second kappa shape index (κ2) is 14.7. The molecule has 0 fully saturated rings. The van der Waals surface area contributed by atoms with Crippen LogP contribution in [0, 0.1) is 13.8 Å². The van der Waals surface area contributed by atoms with Crippen LogP contribution in [0.2, 0.25) is 5.79 Å². The summed E-state index contributed by atoms with van der Waals surface area (Å²) in [6.07, 6.45) is 0. The van der Waals surface area contributed by atoms with Crippen molar-refractivity contribution < 1.29 is 12.7 Å². The van der Waals surface area contributed by atoms with Gasteiger partial charge in [-0.3, -0.25) is 0 Å². The quantitative estimate of drug-likeness (QED) is 0.197. The molecule has 0 atom stereocenters. The monoisotopic (exact) mass is 608 g/mol. The first-order valence-electron chi connectivity index (χ1n) is 15.3. The SMILES string of the molecule is CC.Cc1ccc2cccc(O)c2n1.Cc1ccc2cccc([O][Al]([CH3])[O]c3ccc4cc(-c5ccccc5)ccc4c3)c2n1. The van der Waals surface area contributed by atoms with Gasteiger partial charge in [0.05, 0.1) is 5.75 Å². The first-order valence-corrected chi connectivity index (χ1v) is 17.4. The van der Waals surface area contributed by atoms with E-state index in [1.807, 2.05) is 88.1 Å². The molecule has 0 radical (unpaired) electrons. The highest BCUT2D eigenvalue weighted by molar-refractivity contribution is 6.44. The molecule has 0 aliphatic rings. The Morgan fingerprint density at radius 3 is 1.87 bits per heavy atom. The number of fused-ring (bicyclic) bond motifs is 3. The molecule has 5 aromatic carbocycles. The minimum atomic E-state index is -1.96. The van der Waals surface area contributed by atoms with Gasteiger partial charge < -0.3 is 12.7 Å². The molecule has 0 bridgehead atoms. The van der Waals surface area contributed by atoms with E-state index in [1.54, 1.807) is 6.07 Å². The van der Waals surface area contributed by atoms with E-state index < -0.39 is 14.8 Å². The fraction of sp³-hybridized carbons (Fsp3) is 0.128. The average Bonchev–Trinajstić information content (AvgIpc) is 3.07. The number of aromatic hydroxyl groups is 1. The number of para-hydroxylation sites is 2. The van der Waals surface area contributed by atoms with Crippen molar-refractivity contribution in [2.24, 2.45) is 0 Å². The number of hydrogen-bond donors (Lipinski definition) is 1. The Morgan fingerprint density at radius 1 is 0.533 bits per heavy atom. The second-order valence-corrected chi connectivity index (χ2v) is 12.1. The fourth-order valence-corrected chi connectivity index (χ4v) is 6.17. The van der Waals surface area contributed by atoms with Gasteiger partial charge in [-0.05, 0) is 84.0 Å². The Balaban J connectivity index is 0.000000238. The molecule has 5 nitrogen and oxygen atoms in total. The third-order valence-electron chi connectivity index (χ3n) is 7.17. The summed E-state index contributed by atoms with van der Waals surface area (Å²) < 4.78 is 12.4. The Morgan fingerprint density at radius 2 is 1.13 bits per heavy atom. The Hall–Kier alpha value is -4.89. The summed E-state index contributed by atoms with van der Waals surface area (Å²) in [5.41, 5.74) is 5.90. The van der Waals surface area contributed by atoms with E-state index >= 15 is 0 Å². The van der Waals surface area contributed by atoms with Crippen LogP contribution in [0.3, 0.4) is 0 Å². The topological polar surface area (TPSA) is 64.5 Å². The standard InChI is InChI=1S/C16H12O.2C10H9NO.C2H6.CH3.Al/c17-16-9-8-14-10-13(6-7-15(14)11-16)12-4-2-1-3-5-12;2*1-7-5-6-8-3-2-4-9(12)10(8)11-7;1-2;;/h1-11,17H;2*2-6,12H,1H3;1-2H3;1H3;/q;;;;;+2/p-2. The summed E-state index contributed by atoms with van der Waals surface area (Å²) in [5.74, 6) is 3.91. The van der Waals surface area contributed by atoms with Gasteiger partial charge in [0.2, 0.25) is 0 Å². The van der Waals surface area contributed by atoms with E-state index in [9.17, 15) is 5.11 Å². The van der Waals surface area contributed by atoms with Crippen LogP contribution in [-0.4, -0.2) is 29.9 Å². The number of aryl methyl sites for hydroxylation is 2. The first-order chi connectivity index (χ1) is 21.9. The van der Waals surface area contributed by atoms with Gasteiger partial charge in [-0.25, -0.2) is 9.97 Å². The van der Waals surface area contributed by atoms with Crippen LogP contribution in [0.25, 0.3) is 43.7 Å². The fourth-order valence-electron chi connectivity index (χ4n) is 5.04. The smallest absolute Gasteiger partial charge is 0.612 e. The van der Waals surface area contributed by atoms with Crippen molar-refractivity contribution in [3.8, 4) is 28.4 Å². The zero-order chi connectivity index (χ0) is 31.8. The summed E-state index contributed by atoms with van der Waals surface area (Å²) in [7, 11) is 0. The molecule has 7 aromatic rings. The second-order valence-electron chi connectivity index (χ2n) is 10.5. The molecule has 0 aliphatic heterocycles. The molecule has 0 amide bonds. The lowest BCUT2D eigenvalue weighted by Gasteiger charge is -2.15. The van der Waals surface area contributed by atoms with Gasteiger partial charge >= 0.3 is 14.8 Å². The molecule has 0 saturated carbocycles. The lowest BCUT2D eigenvalue weighted by Crippen LogP contribution is -2.25. The average molecular weight is 609 g/mol. The van der Waals surface area contributed by atoms with Crippen molar-refractivity contribution in [3.05, 3.63) is 139 Å². The van der Waals surface area contributed by atoms with E-state index in [-0.39, 0.29) is 5.75 Å². The maximum absolute atomic E-state index is 9.43. The maximum atomic E-state index is 9.43. The zero-order valence-corrected chi connectivity index (χ0v) is 27.5. The summed E-state index contributed by atoms with van der Waals surface area (Å²) in [5, 5.41) is 13.8. The van der Waals surface area contributed by atoms with Gasteiger partial charge in [0.1, 0.15) is 22.5 Å². The van der Waals surface area contributed by atoms with E-state index in [1.165, 1.54) is 16.5 Å².